The van der Waals surface area contributed by atoms with E-state index >= 15 is 0 Å². The molecule has 0 fully saturated rings. The smallest absolute Gasteiger partial charge is 0.243 e. The number of hydrogen-bond donors (Lipinski definition) is 3. The molecule has 7 nitrogen and oxygen atoms in total. The number of halogens is 1. The summed E-state index contributed by atoms with van der Waals surface area (Å²) in [7, 11) is -3.88. The molecule has 0 aliphatic carbocycles. The first kappa shape index (κ1) is 15.4. The van der Waals surface area contributed by atoms with Crippen molar-refractivity contribution in [1.82, 2.24) is 5.32 Å². The quantitative estimate of drug-likeness (QED) is 0.729. The van der Waals surface area contributed by atoms with Crippen LogP contribution in [0.1, 0.15) is 6.92 Å². The molecule has 4 N–H and O–H groups in total. The molecule has 1 aromatic carbocycles. The van der Waals surface area contributed by atoms with E-state index in [4.69, 9.17) is 16.7 Å². The Bertz CT molecular complexity index is 615. The summed E-state index contributed by atoms with van der Waals surface area (Å²) < 4.78 is 22.3. The fraction of sp³-hybridized carbons (Fsp3) is 0.200. The summed E-state index contributed by atoms with van der Waals surface area (Å²) in [5.41, 5.74) is 0.101. The molecule has 9 heteroatoms. The molecule has 1 aromatic rings. The minimum atomic E-state index is -3.88. The van der Waals surface area contributed by atoms with Gasteiger partial charge in [-0.1, -0.05) is 11.6 Å². The monoisotopic (exact) mass is 305 g/mol. The van der Waals surface area contributed by atoms with Crippen LogP contribution < -0.4 is 15.8 Å². The molecule has 0 saturated carbocycles. The standard InChI is InChI=1S/C10H12ClN3O4S/c1-6(15)13-5-10(16)14-9-4-7(19(12,17)18)2-3-8(9)11/h2-4H,5H2,1H3,(H,13,15)(H,14,16)(H2,12,17,18). The maximum absolute atomic E-state index is 11.5. The van der Waals surface area contributed by atoms with Gasteiger partial charge in [0.15, 0.2) is 0 Å². The third kappa shape index (κ3) is 4.86. The number of rotatable bonds is 4. The van der Waals surface area contributed by atoms with E-state index < -0.39 is 15.9 Å². The van der Waals surface area contributed by atoms with Crippen molar-refractivity contribution in [3.05, 3.63) is 23.2 Å². The van der Waals surface area contributed by atoms with Gasteiger partial charge in [0.25, 0.3) is 0 Å². The molecular weight excluding hydrogens is 294 g/mol. The van der Waals surface area contributed by atoms with Gasteiger partial charge in [-0.15, -0.1) is 0 Å². The van der Waals surface area contributed by atoms with Crippen molar-refractivity contribution < 1.29 is 18.0 Å². The first-order valence-corrected chi connectivity index (χ1v) is 6.99. The summed E-state index contributed by atoms with van der Waals surface area (Å²) >= 11 is 5.82. The van der Waals surface area contributed by atoms with Crippen LogP contribution in [0.25, 0.3) is 0 Å². The third-order valence-electron chi connectivity index (χ3n) is 2.04. The Labute approximate surface area is 115 Å². The van der Waals surface area contributed by atoms with Crippen molar-refractivity contribution in [2.45, 2.75) is 11.8 Å². The van der Waals surface area contributed by atoms with Crippen LogP contribution in [-0.2, 0) is 19.6 Å². The zero-order valence-corrected chi connectivity index (χ0v) is 11.5. The van der Waals surface area contributed by atoms with E-state index in [9.17, 15) is 18.0 Å². The molecule has 0 heterocycles. The van der Waals surface area contributed by atoms with Crippen molar-refractivity contribution in [2.75, 3.05) is 11.9 Å². The Balaban J connectivity index is 2.89. The zero-order valence-electron chi connectivity index (χ0n) is 9.94. The van der Waals surface area contributed by atoms with Gasteiger partial charge in [-0.25, -0.2) is 13.6 Å². The van der Waals surface area contributed by atoms with Gasteiger partial charge in [0.1, 0.15) is 0 Å². The molecule has 0 saturated heterocycles. The van der Waals surface area contributed by atoms with Gasteiger partial charge in [-0.2, -0.15) is 0 Å². The van der Waals surface area contributed by atoms with E-state index in [2.05, 4.69) is 10.6 Å². The largest absolute Gasteiger partial charge is 0.347 e. The lowest BCUT2D eigenvalue weighted by molar-refractivity contribution is -0.122. The minimum absolute atomic E-state index is 0.101. The number of carbonyl (C=O) groups is 2. The number of anilines is 1. The Kier molecular flexibility index (Phi) is 4.87. The maximum atomic E-state index is 11.5. The second kappa shape index (κ2) is 6.00. The van der Waals surface area contributed by atoms with Gasteiger partial charge in [-0.05, 0) is 18.2 Å². The maximum Gasteiger partial charge on any atom is 0.243 e. The van der Waals surface area contributed by atoms with E-state index in [1.54, 1.807) is 0 Å². The van der Waals surface area contributed by atoms with Gasteiger partial charge < -0.3 is 10.6 Å². The first-order valence-electron chi connectivity index (χ1n) is 5.07. The molecule has 1 rings (SSSR count). The van der Waals surface area contributed by atoms with Crippen LogP contribution in [0.2, 0.25) is 5.02 Å². The zero-order chi connectivity index (χ0) is 14.6. The minimum Gasteiger partial charge on any atom is -0.347 e. The molecule has 104 valence electrons. The number of benzene rings is 1. The van der Waals surface area contributed by atoms with E-state index in [1.165, 1.54) is 19.1 Å². The molecule has 19 heavy (non-hydrogen) atoms. The third-order valence-corrected chi connectivity index (χ3v) is 3.28. The second-order valence-electron chi connectivity index (χ2n) is 3.64. The average Bonchev–Trinajstić information content (AvgIpc) is 2.28. The summed E-state index contributed by atoms with van der Waals surface area (Å²) in [5, 5.41) is 9.79. The fourth-order valence-electron chi connectivity index (χ4n) is 1.18. The van der Waals surface area contributed by atoms with Crippen LogP contribution in [0.3, 0.4) is 0 Å². The molecule has 0 atom stereocenters. The summed E-state index contributed by atoms with van der Waals surface area (Å²) in [6.07, 6.45) is 0. The highest BCUT2D eigenvalue weighted by Crippen LogP contribution is 2.24. The molecule has 0 unspecified atom stereocenters. The predicted molar refractivity (Wildman–Crippen MR) is 70.1 cm³/mol. The Morgan fingerprint density at radius 1 is 1.37 bits per heavy atom. The average molecular weight is 306 g/mol. The van der Waals surface area contributed by atoms with E-state index in [0.29, 0.717) is 0 Å². The van der Waals surface area contributed by atoms with Gasteiger partial charge in [0.05, 0.1) is 22.2 Å². The second-order valence-corrected chi connectivity index (χ2v) is 5.61. The highest BCUT2D eigenvalue weighted by Gasteiger charge is 2.12. The summed E-state index contributed by atoms with van der Waals surface area (Å²) in [4.78, 5) is 21.9. The molecule has 0 aliphatic rings. The van der Waals surface area contributed by atoms with Crippen LogP contribution in [0.5, 0.6) is 0 Å². The van der Waals surface area contributed by atoms with Crippen LogP contribution in [0.4, 0.5) is 5.69 Å². The van der Waals surface area contributed by atoms with Crippen LogP contribution in [0.15, 0.2) is 23.1 Å². The predicted octanol–water partition coefficient (Wildman–Crippen LogP) is 0.0620. The number of amides is 2. The number of sulfonamides is 1. The highest BCUT2D eigenvalue weighted by atomic mass is 35.5. The van der Waals surface area contributed by atoms with E-state index in [0.717, 1.165) is 6.07 Å². The fourth-order valence-corrected chi connectivity index (χ4v) is 1.88. The van der Waals surface area contributed by atoms with Crippen LogP contribution in [0, 0.1) is 0 Å². The van der Waals surface area contributed by atoms with Crippen LogP contribution in [-0.4, -0.2) is 26.8 Å². The normalized spacial score (nSPS) is 10.9. The van der Waals surface area contributed by atoms with Gasteiger partial charge in [0.2, 0.25) is 21.8 Å². The van der Waals surface area contributed by atoms with Crippen molar-refractivity contribution in [1.29, 1.82) is 0 Å². The molecule has 2 amide bonds. The summed E-state index contributed by atoms with van der Waals surface area (Å²) in [5.74, 6) is -0.900. The first-order chi connectivity index (χ1) is 8.70. The van der Waals surface area contributed by atoms with E-state index in [1.807, 2.05) is 0 Å². The van der Waals surface area contributed by atoms with Gasteiger partial charge in [0, 0.05) is 6.92 Å². The number of hydrogen-bond acceptors (Lipinski definition) is 4. The lowest BCUT2D eigenvalue weighted by Gasteiger charge is -2.09. The molecule has 0 radical (unpaired) electrons. The number of carbonyl (C=O) groups excluding carboxylic acids is 2. The number of primary sulfonamides is 1. The topological polar surface area (TPSA) is 118 Å². The van der Waals surface area contributed by atoms with Gasteiger partial charge >= 0.3 is 0 Å². The Hall–Kier alpha value is -1.64. The van der Waals surface area contributed by atoms with Crippen molar-refractivity contribution >= 4 is 39.1 Å². The van der Waals surface area contributed by atoms with E-state index in [-0.39, 0.29) is 28.1 Å². The summed E-state index contributed by atoms with van der Waals surface area (Å²) in [6, 6.07) is 3.67. The van der Waals surface area contributed by atoms with Crippen molar-refractivity contribution in [2.24, 2.45) is 5.14 Å². The van der Waals surface area contributed by atoms with Crippen molar-refractivity contribution in [3.8, 4) is 0 Å². The SMILES string of the molecule is CC(=O)NCC(=O)Nc1cc(S(N)(=O)=O)ccc1Cl. The molecule has 0 aromatic heterocycles. The number of nitrogens with two attached hydrogens (primary N) is 1. The van der Waals surface area contributed by atoms with Crippen LogP contribution >= 0.6 is 11.6 Å². The summed E-state index contributed by atoms with van der Waals surface area (Å²) in [6.45, 7) is 1.02. The highest BCUT2D eigenvalue weighted by molar-refractivity contribution is 7.89. The Morgan fingerprint density at radius 3 is 2.53 bits per heavy atom. The molecule has 0 aliphatic heterocycles. The van der Waals surface area contributed by atoms with Gasteiger partial charge in [-0.3, -0.25) is 9.59 Å². The molecular formula is C10H12ClN3O4S. The number of nitrogens with one attached hydrogen (secondary N) is 2. The molecule has 0 bridgehead atoms. The van der Waals surface area contributed by atoms with Crippen molar-refractivity contribution in [3.63, 3.8) is 0 Å². The Morgan fingerprint density at radius 2 is 2.00 bits per heavy atom. The molecule has 0 spiro atoms. The lowest BCUT2D eigenvalue weighted by Crippen LogP contribution is -2.31. The lowest BCUT2D eigenvalue weighted by atomic mass is 10.3.